The first-order valence-corrected chi connectivity index (χ1v) is 8.87. The SMILES string of the molecule is C=C(C)c1ccc(N2C=C3C(=O)NC(N4CCCC4)NC3N2)c(C)c1. The number of carbonyl (C=O) groups is 1. The normalized spacial score (nSPS) is 26.4. The number of likely N-dealkylation sites (tertiary alicyclic amines) is 1. The van der Waals surface area contributed by atoms with Gasteiger partial charge in [0.2, 0.25) is 0 Å². The van der Waals surface area contributed by atoms with E-state index in [1.165, 1.54) is 12.8 Å². The zero-order valence-corrected chi connectivity index (χ0v) is 14.8. The summed E-state index contributed by atoms with van der Waals surface area (Å²) in [6.07, 6.45) is 4.00. The molecule has 6 nitrogen and oxygen atoms in total. The quantitative estimate of drug-likeness (QED) is 0.782. The minimum absolute atomic E-state index is 0.00754. The van der Waals surface area contributed by atoms with Crippen LogP contribution in [0.3, 0.4) is 0 Å². The molecule has 0 aromatic heterocycles. The lowest BCUT2D eigenvalue weighted by atomic mass is 10.0. The van der Waals surface area contributed by atoms with Crippen molar-refractivity contribution in [2.75, 3.05) is 18.1 Å². The largest absolute Gasteiger partial charge is 0.324 e. The molecule has 0 spiro atoms. The molecule has 0 saturated carbocycles. The number of aryl methyl sites for hydroxylation is 1. The number of amides is 1. The second-order valence-electron chi connectivity index (χ2n) is 7.08. The highest BCUT2D eigenvalue weighted by Crippen LogP contribution is 2.27. The van der Waals surface area contributed by atoms with Crippen LogP contribution in [-0.4, -0.2) is 36.4 Å². The zero-order valence-electron chi connectivity index (χ0n) is 14.8. The second-order valence-corrected chi connectivity index (χ2v) is 7.08. The number of allylic oxidation sites excluding steroid dienone is 1. The van der Waals surface area contributed by atoms with Crippen molar-refractivity contribution in [1.29, 1.82) is 0 Å². The molecule has 2 saturated heterocycles. The van der Waals surface area contributed by atoms with Gasteiger partial charge in [-0.3, -0.25) is 20.0 Å². The first-order chi connectivity index (χ1) is 12.0. The Kier molecular flexibility index (Phi) is 4.11. The van der Waals surface area contributed by atoms with Crippen molar-refractivity contribution in [2.45, 2.75) is 39.1 Å². The molecule has 0 radical (unpaired) electrons. The fraction of sp³-hybridized carbons (Fsp3) is 0.421. The van der Waals surface area contributed by atoms with E-state index in [2.05, 4.69) is 52.7 Å². The van der Waals surface area contributed by atoms with Gasteiger partial charge in [0.15, 0.2) is 0 Å². The number of fused-ring (bicyclic) bond motifs is 1. The van der Waals surface area contributed by atoms with Crippen LogP contribution in [0.2, 0.25) is 0 Å². The Morgan fingerprint density at radius 2 is 2.04 bits per heavy atom. The first-order valence-electron chi connectivity index (χ1n) is 8.87. The first kappa shape index (κ1) is 16.3. The molecule has 2 unspecified atom stereocenters. The van der Waals surface area contributed by atoms with Crippen LogP contribution in [0.25, 0.3) is 5.57 Å². The molecule has 6 heteroatoms. The van der Waals surface area contributed by atoms with Gasteiger partial charge in [-0.25, -0.2) is 5.43 Å². The summed E-state index contributed by atoms with van der Waals surface area (Å²) in [7, 11) is 0. The lowest BCUT2D eigenvalue weighted by Crippen LogP contribution is -2.66. The number of benzene rings is 1. The number of carbonyl (C=O) groups excluding carboxylic acids is 1. The molecule has 0 bridgehead atoms. The lowest BCUT2D eigenvalue weighted by Gasteiger charge is -2.36. The fourth-order valence-electron chi connectivity index (χ4n) is 3.71. The van der Waals surface area contributed by atoms with Crippen molar-refractivity contribution < 1.29 is 4.79 Å². The number of hydrogen-bond acceptors (Lipinski definition) is 5. The summed E-state index contributed by atoms with van der Waals surface area (Å²) < 4.78 is 0. The maximum atomic E-state index is 12.5. The standard InChI is InChI=1S/C19H25N5O/c1-12(2)14-6-7-16(13(3)10-14)24-11-15-17(22-24)20-19(21-18(15)25)23-8-4-5-9-23/h6-7,10-11,17,19-20,22H,1,4-5,8-9H2,2-3H3,(H,21,25). The average Bonchev–Trinajstić information content (AvgIpc) is 3.24. The van der Waals surface area contributed by atoms with Crippen molar-refractivity contribution in [3.8, 4) is 0 Å². The van der Waals surface area contributed by atoms with Gasteiger partial charge in [0.05, 0.1) is 11.3 Å². The summed E-state index contributed by atoms with van der Waals surface area (Å²) >= 11 is 0. The van der Waals surface area contributed by atoms with Gasteiger partial charge in [-0.15, -0.1) is 0 Å². The van der Waals surface area contributed by atoms with Crippen molar-refractivity contribution in [1.82, 2.24) is 21.0 Å². The molecular formula is C19H25N5O. The fourth-order valence-corrected chi connectivity index (χ4v) is 3.71. The molecule has 2 atom stereocenters. The van der Waals surface area contributed by atoms with Crippen molar-refractivity contribution in [2.24, 2.45) is 0 Å². The van der Waals surface area contributed by atoms with Crippen LogP contribution in [0.15, 0.2) is 36.6 Å². The summed E-state index contributed by atoms with van der Waals surface area (Å²) in [5.74, 6) is -0.00754. The summed E-state index contributed by atoms with van der Waals surface area (Å²) in [5, 5.41) is 8.51. The van der Waals surface area contributed by atoms with Gasteiger partial charge in [0.1, 0.15) is 12.5 Å². The molecule has 3 N–H and O–H groups in total. The number of nitrogens with zero attached hydrogens (tertiary/aromatic N) is 2. The number of hydrogen-bond donors (Lipinski definition) is 3. The monoisotopic (exact) mass is 339 g/mol. The Balaban J connectivity index is 1.54. The van der Waals surface area contributed by atoms with E-state index in [0.29, 0.717) is 0 Å². The van der Waals surface area contributed by atoms with E-state index in [1.54, 1.807) is 0 Å². The molecular weight excluding hydrogens is 314 g/mol. The highest BCUT2D eigenvalue weighted by molar-refractivity contribution is 5.96. The summed E-state index contributed by atoms with van der Waals surface area (Å²) in [6, 6.07) is 6.25. The van der Waals surface area contributed by atoms with Crippen LogP contribution in [0.1, 0.15) is 30.9 Å². The minimum atomic E-state index is -0.167. The third-order valence-electron chi connectivity index (χ3n) is 5.16. The highest BCUT2D eigenvalue weighted by Gasteiger charge is 2.38. The summed E-state index contributed by atoms with van der Waals surface area (Å²) in [6.45, 7) is 10.1. The van der Waals surface area contributed by atoms with Crippen LogP contribution in [-0.2, 0) is 4.79 Å². The van der Waals surface area contributed by atoms with Crippen molar-refractivity contribution >= 4 is 17.2 Å². The van der Waals surface area contributed by atoms with Gasteiger partial charge in [-0.2, -0.15) is 0 Å². The maximum Gasteiger partial charge on any atom is 0.254 e. The van der Waals surface area contributed by atoms with Crippen LogP contribution in [0.4, 0.5) is 5.69 Å². The second kappa shape index (κ2) is 6.29. The van der Waals surface area contributed by atoms with Gasteiger partial charge in [0.25, 0.3) is 5.91 Å². The molecule has 132 valence electrons. The Morgan fingerprint density at radius 1 is 1.28 bits per heavy atom. The van der Waals surface area contributed by atoms with Gasteiger partial charge < -0.3 is 5.32 Å². The molecule has 4 rings (SSSR count). The zero-order chi connectivity index (χ0) is 17.6. The Morgan fingerprint density at radius 3 is 2.72 bits per heavy atom. The summed E-state index contributed by atoms with van der Waals surface area (Å²) in [5.41, 5.74) is 8.48. The number of hydrazine groups is 1. The van der Waals surface area contributed by atoms with E-state index in [1.807, 2.05) is 18.1 Å². The maximum absolute atomic E-state index is 12.5. The lowest BCUT2D eigenvalue weighted by molar-refractivity contribution is -0.121. The van der Waals surface area contributed by atoms with Gasteiger partial charge in [-0.05, 0) is 49.9 Å². The van der Waals surface area contributed by atoms with Crippen LogP contribution >= 0.6 is 0 Å². The third-order valence-corrected chi connectivity index (χ3v) is 5.16. The number of nitrogens with one attached hydrogen (secondary N) is 3. The van der Waals surface area contributed by atoms with Gasteiger partial charge in [-0.1, -0.05) is 18.2 Å². The Hall–Kier alpha value is -2.15. The van der Waals surface area contributed by atoms with Crippen molar-refractivity contribution in [3.63, 3.8) is 0 Å². The molecule has 3 aliphatic rings. The van der Waals surface area contributed by atoms with Crippen molar-refractivity contribution in [3.05, 3.63) is 47.7 Å². The topological polar surface area (TPSA) is 59.6 Å². The average molecular weight is 339 g/mol. The Bertz CT molecular complexity index is 750. The van der Waals surface area contributed by atoms with Gasteiger partial charge in [0, 0.05) is 19.3 Å². The predicted octanol–water partition coefficient (Wildman–Crippen LogP) is 1.66. The van der Waals surface area contributed by atoms with E-state index < -0.39 is 0 Å². The van der Waals surface area contributed by atoms with Crippen LogP contribution in [0.5, 0.6) is 0 Å². The molecule has 25 heavy (non-hydrogen) atoms. The predicted molar refractivity (Wildman–Crippen MR) is 99.2 cm³/mol. The number of rotatable bonds is 3. The van der Waals surface area contributed by atoms with Gasteiger partial charge >= 0.3 is 0 Å². The summed E-state index contributed by atoms with van der Waals surface area (Å²) in [4.78, 5) is 14.8. The molecule has 0 aliphatic carbocycles. The van der Waals surface area contributed by atoms with E-state index >= 15 is 0 Å². The van der Waals surface area contributed by atoms with E-state index in [9.17, 15) is 4.79 Å². The third kappa shape index (κ3) is 2.97. The molecule has 3 aliphatic heterocycles. The molecule has 1 aromatic rings. The molecule has 2 fully saturated rings. The Labute approximate surface area is 148 Å². The minimum Gasteiger partial charge on any atom is -0.324 e. The number of anilines is 1. The van der Waals surface area contributed by atoms with E-state index in [-0.39, 0.29) is 18.4 Å². The van der Waals surface area contributed by atoms with E-state index in [0.717, 1.165) is 41.1 Å². The van der Waals surface area contributed by atoms with E-state index in [4.69, 9.17) is 0 Å². The smallest absolute Gasteiger partial charge is 0.254 e. The van der Waals surface area contributed by atoms with Crippen LogP contribution in [0, 0.1) is 6.92 Å². The highest BCUT2D eigenvalue weighted by atomic mass is 16.2. The molecule has 1 aromatic carbocycles. The molecule has 3 heterocycles. The van der Waals surface area contributed by atoms with Crippen LogP contribution < -0.4 is 21.1 Å². The molecule has 1 amide bonds.